The van der Waals surface area contributed by atoms with Gasteiger partial charge in [-0.05, 0) is 105 Å². The Bertz CT molecular complexity index is 597. The molecule has 0 aromatic heterocycles. The van der Waals surface area contributed by atoms with Crippen LogP contribution in [0.4, 0.5) is 0 Å². The summed E-state index contributed by atoms with van der Waals surface area (Å²) < 4.78 is 0. The molecule has 25 heavy (non-hydrogen) atoms. The summed E-state index contributed by atoms with van der Waals surface area (Å²) in [7, 11) is 0. The topological polar surface area (TPSA) is 0 Å². The van der Waals surface area contributed by atoms with Gasteiger partial charge in [0.15, 0.2) is 0 Å². The van der Waals surface area contributed by atoms with Crippen LogP contribution in [-0.2, 0) is 0 Å². The van der Waals surface area contributed by atoms with Gasteiger partial charge in [0.05, 0.1) is 0 Å². The lowest BCUT2D eigenvalue weighted by atomic mass is 9.50. The fourth-order valence-electron chi connectivity index (χ4n) is 7.51. The molecular weight excluding hydrogens is 300 g/mol. The van der Waals surface area contributed by atoms with Crippen molar-refractivity contribution in [1.29, 1.82) is 0 Å². The molecule has 0 radical (unpaired) electrons. The molecule has 3 saturated carbocycles. The molecule has 7 atom stereocenters. The Balaban J connectivity index is 1.78. The number of fused-ring (bicyclic) bond motifs is 5. The average molecular weight is 341 g/mol. The first kappa shape index (κ1) is 17.9. The molecule has 0 aromatic rings. The maximum absolute atomic E-state index is 4.42. The molecule has 0 aliphatic heterocycles. The van der Waals surface area contributed by atoms with Crippen LogP contribution in [0, 0.1) is 39.9 Å². The summed E-state index contributed by atoms with van der Waals surface area (Å²) in [6, 6.07) is 0. The lowest BCUT2D eigenvalue weighted by molar-refractivity contribution is 0.0366. The van der Waals surface area contributed by atoms with Crippen LogP contribution >= 0.6 is 0 Å². The normalized spacial score (nSPS) is 52.4. The molecule has 0 heteroatoms. The molecule has 0 aromatic carbocycles. The number of hydrogen-bond acceptors (Lipinski definition) is 0. The standard InChI is InChI=1S/C25H40/c1-17(2)20-8-12-24(5)13-14-25(6)16-19-15-23(4,10-7-18(19)3)11-9-21(25)22(20)24/h9,18-20,22H,1,7-8,10-16H2,2-6H3. The van der Waals surface area contributed by atoms with Crippen LogP contribution in [0.15, 0.2) is 23.8 Å². The van der Waals surface area contributed by atoms with Crippen LogP contribution in [0.25, 0.3) is 0 Å². The van der Waals surface area contributed by atoms with Crippen LogP contribution in [0.3, 0.4) is 0 Å². The monoisotopic (exact) mass is 340 g/mol. The van der Waals surface area contributed by atoms with Crippen LogP contribution < -0.4 is 0 Å². The molecule has 140 valence electrons. The second-order valence-corrected chi connectivity index (χ2v) is 11.5. The van der Waals surface area contributed by atoms with Crippen molar-refractivity contribution in [3.63, 3.8) is 0 Å². The highest BCUT2D eigenvalue weighted by Crippen LogP contribution is 2.66. The van der Waals surface area contributed by atoms with Crippen molar-refractivity contribution >= 4 is 0 Å². The van der Waals surface area contributed by atoms with Gasteiger partial charge in [-0.1, -0.05) is 51.5 Å². The molecule has 0 nitrogen and oxygen atoms in total. The van der Waals surface area contributed by atoms with E-state index in [0.717, 1.165) is 23.7 Å². The minimum Gasteiger partial charge on any atom is -0.0998 e. The third kappa shape index (κ3) is 2.78. The predicted octanol–water partition coefficient (Wildman–Crippen LogP) is 7.56. The summed E-state index contributed by atoms with van der Waals surface area (Å²) >= 11 is 0. The fraction of sp³-hybridized carbons (Fsp3) is 0.840. The average Bonchev–Trinajstić information content (AvgIpc) is 2.87. The van der Waals surface area contributed by atoms with E-state index < -0.39 is 0 Å². The van der Waals surface area contributed by atoms with E-state index in [4.69, 9.17) is 0 Å². The molecule has 4 rings (SSSR count). The minimum atomic E-state index is 0.458. The van der Waals surface area contributed by atoms with Crippen molar-refractivity contribution in [2.24, 2.45) is 39.9 Å². The summed E-state index contributed by atoms with van der Waals surface area (Å²) in [5, 5.41) is 0. The summed E-state index contributed by atoms with van der Waals surface area (Å²) in [5.41, 5.74) is 4.88. The Kier molecular flexibility index (Phi) is 4.10. The van der Waals surface area contributed by atoms with Gasteiger partial charge in [-0.3, -0.25) is 0 Å². The van der Waals surface area contributed by atoms with Gasteiger partial charge in [0, 0.05) is 0 Å². The van der Waals surface area contributed by atoms with Gasteiger partial charge in [0.1, 0.15) is 0 Å². The highest BCUT2D eigenvalue weighted by Gasteiger charge is 2.55. The SMILES string of the molecule is C=C(C)C1CCC2(C)CCC3(C)CC4CC(C)(CC=C3C12)CCC4C. The van der Waals surface area contributed by atoms with Crippen molar-refractivity contribution in [2.45, 2.75) is 92.4 Å². The quantitative estimate of drug-likeness (QED) is 0.432. The minimum absolute atomic E-state index is 0.458. The lowest BCUT2D eigenvalue weighted by Gasteiger charge is -2.55. The van der Waals surface area contributed by atoms with Crippen LogP contribution in [0.2, 0.25) is 0 Å². The van der Waals surface area contributed by atoms with Crippen LogP contribution in [0.5, 0.6) is 0 Å². The van der Waals surface area contributed by atoms with E-state index in [1.807, 2.05) is 5.57 Å². The van der Waals surface area contributed by atoms with Crippen molar-refractivity contribution in [1.82, 2.24) is 0 Å². The molecule has 4 aliphatic carbocycles. The van der Waals surface area contributed by atoms with Crippen molar-refractivity contribution < 1.29 is 0 Å². The lowest BCUT2D eigenvalue weighted by Crippen LogP contribution is -2.44. The molecule has 0 saturated heterocycles. The Morgan fingerprint density at radius 1 is 1.04 bits per heavy atom. The molecule has 0 amide bonds. The fourth-order valence-corrected chi connectivity index (χ4v) is 7.51. The molecule has 2 bridgehead atoms. The second-order valence-electron chi connectivity index (χ2n) is 11.5. The highest BCUT2D eigenvalue weighted by atomic mass is 14.6. The number of allylic oxidation sites excluding steroid dienone is 3. The van der Waals surface area contributed by atoms with Gasteiger partial charge in [-0.25, -0.2) is 0 Å². The predicted molar refractivity (Wildman–Crippen MR) is 108 cm³/mol. The van der Waals surface area contributed by atoms with Gasteiger partial charge in [-0.15, -0.1) is 0 Å². The van der Waals surface area contributed by atoms with Gasteiger partial charge in [0.25, 0.3) is 0 Å². The zero-order chi connectivity index (χ0) is 18.0. The summed E-state index contributed by atoms with van der Waals surface area (Å²) in [5.74, 6) is 3.39. The largest absolute Gasteiger partial charge is 0.0998 e. The van der Waals surface area contributed by atoms with Gasteiger partial charge in [-0.2, -0.15) is 0 Å². The van der Waals surface area contributed by atoms with Gasteiger partial charge < -0.3 is 0 Å². The van der Waals surface area contributed by atoms with E-state index >= 15 is 0 Å². The first-order valence-electron chi connectivity index (χ1n) is 11.0. The summed E-state index contributed by atoms with van der Waals surface area (Å²) in [4.78, 5) is 0. The molecule has 0 N–H and O–H groups in total. The number of rotatable bonds is 1. The third-order valence-corrected chi connectivity index (χ3v) is 9.38. The van der Waals surface area contributed by atoms with E-state index in [0.29, 0.717) is 16.2 Å². The Hall–Kier alpha value is -0.520. The maximum Gasteiger partial charge on any atom is -0.00784 e. The first-order chi connectivity index (χ1) is 11.7. The van der Waals surface area contributed by atoms with E-state index in [-0.39, 0.29) is 0 Å². The van der Waals surface area contributed by atoms with Crippen molar-refractivity contribution in [3.05, 3.63) is 23.8 Å². The third-order valence-electron chi connectivity index (χ3n) is 9.38. The van der Waals surface area contributed by atoms with Crippen molar-refractivity contribution in [3.8, 4) is 0 Å². The second kappa shape index (κ2) is 5.74. The summed E-state index contributed by atoms with van der Waals surface area (Å²) in [6.07, 6.45) is 15.6. The van der Waals surface area contributed by atoms with Crippen LogP contribution in [0.1, 0.15) is 92.4 Å². The van der Waals surface area contributed by atoms with E-state index in [9.17, 15) is 0 Å². The van der Waals surface area contributed by atoms with E-state index in [2.05, 4.69) is 47.3 Å². The molecule has 4 aliphatic rings. The van der Waals surface area contributed by atoms with E-state index in [1.165, 1.54) is 63.4 Å². The Morgan fingerprint density at radius 3 is 2.52 bits per heavy atom. The summed E-state index contributed by atoms with van der Waals surface area (Å²) in [6.45, 7) is 17.1. The maximum atomic E-state index is 4.42. The first-order valence-corrected chi connectivity index (χ1v) is 11.0. The van der Waals surface area contributed by atoms with Crippen LogP contribution in [-0.4, -0.2) is 0 Å². The van der Waals surface area contributed by atoms with Crippen molar-refractivity contribution in [2.75, 3.05) is 0 Å². The zero-order valence-corrected chi connectivity index (χ0v) is 17.5. The molecule has 0 spiro atoms. The molecule has 3 fully saturated rings. The smallest absolute Gasteiger partial charge is 0.00784 e. The van der Waals surface area contributed by atoms with E-state index in [1.54, 1.807) is 0 Å². The molecular formula is C25H40. The van der Waals surface area contributed by atoms with Gasteiger partial charge in [0.2, 0.25) is 0 Å². The highest BCUT2D eigenvalue weighted by molar-refractivity contribution is 5.30. The Morgan fingerprint density at radius 2 is 1.80 bits per heavy atom. The molecule has 7 unspecified atom stereocenters. The Labute approximate surface area is 156 Å². The molecule has 0 heterocycles. The van der Waals surface area contributed by atoms with Gasteiger partial charge >= 0.3 is 0 Å². The number of hydrogen-bond donors (Lipinski definition) is 0. The zero-order valence-electron chi connectivity index (χ0n) is 17.5.